The molecule has 22 heavy (non-hydrogen) atoms. The van der Waals surface area contributed by atoms with Gasteiger partial charge in [-0.15, -0.1) is 11.3 Å². The number of hydrogen-bond acceptors (Lipinski definition) is 7. The minimum atomic E-state index is -0.543. The molecular formula is C13H14N4O4S. The van der Waals surface area contributed by atoms with Crippen LogP contribution in [0.25, 0.3) is 0 Å². The number of ether oxygens (including phenoxy) is 1. The first-order chi connectivity index (χ1) is 10.6. The third-order valence-corrected chi connectivity index (χ3v) is 3.42. The van der Waals surface area contributed by atoms with Crippen LogP contribution in [0.1, 0.15) is 10.4 Å². The van der Waals surface area contributed by atoms with Crippen molar-refractivity contribution in [3.63, 3.8) is 0 Å². The first kappa shape index (κ1) is 15.9. The van der Waals surface area contributed by atoms with Gasteiger partial charge < -0.3 is 10.1 Å². The van der Waals surface area contributed by atoms with Gasteiger partial charge in [-0.05, 0) is 6.07 Å². The van der Waals surface area contributed by atoms with Crippen molar-refractivity contribution >= 4 is 33.8 Å². The molecule has 0 radical (unpaired) electrons. The highest BCUT2D eigenvalue weighted by molar-refractivity contribution is 7.13. The number of nitro benzene ring substituents is 1. The summed E-state index contributed by atoms with van der Waals surface area (Å²) in [4.78, 5) is 26.6. The fourth-order valence-corrected chi connectivity index (χ4v) is 2.25. The second-order valence-corrected chi connectivity index (χ2v) is 5.09. The summed E-state index contributed by atoms with van der Waals surface area (Å²) in [6.45, 7) is 0.927. The monoisotopic (exact) mass is 322 g/mol. The molecule has 0 atom stereocenters. The fourth-order valence-electron chi connectivity index (χ4n) is 1.73. The Bertz CT molecular complexity index is 660. The smallest absolute Gasteiger partial charge is 0.270 e. The molecule has 2 aromatic rings. The molecule has 2 rings (SSSR count). The lowest BCUT2D eigenvalue weighted by molar-refractivity contribution is -0.384. The van der Waals surface area contributed by atoms with E-state index < -0.39 is 10.8 Å². The van der Waals surface area contributed by atoms with Gasteiger partial charge in [0, 0.05) is 43.1 Å². The first-order valence-corrected chi connectivity index (χ1v) is 7.22. The van der Waals surface area contributed by atoms with Gasteiger partial charge in [-0.2, -0.15) is 0 Å². The number of anilines is 2. The van der Waals surface area contributed by atoms with E-state index in [1.54, 1.807) is 18.7 Å². The van der Waals surface area contributed by atoms with E-state index in [1.807, 2.05) is 0 Å². The molecule has 0 aliphatic rings. The lowest BCUT2D eigenvalue weighted by Crippen LogP contribution is -2.16. The molecule has 1 aromatic carbocycles. The number of benzene rings is 1. The summed E-state index contributed by atoms with van der Waals surface area (Å²) < 4.78 is 4.93. The Hall–Kier alpha value is -2.52. The van der Waals surface area contributed by atoms with Crippen molar-refractivity contribution < 1.29 is 14.5 Å². The Labute approximate surface area is 130 Å². The summed E-state index contributed by atoms with van der Waals surface area (Å²) in [6.07, 6.45) is 1.56. The number of carbonyl (C=O) groups is 1. The van der Waals surface area contributed by atoms with Crippen molar-refractivity contribution in [2.45, 2.75) is 0 Å². The summed E-state index contributed by atoms with van der Waals surface area (Å²) in [6, 6.07) is 4.08. The number of thiazole rings is 1. The van der Waals surface area contributed by atoms with Gasteiger partial charge in [-0.25, -0.2) is 4.98 Å². The van der Waals surface area contributed by atoms with Gasteiger partial charge in [0.2, 0.25) is 0 Å². The lowest BCUT2D eigenvalue weighted by Gasteiger charge is -2.11. The van der Waals surface area contributed by atoms with Crippen molar-refractivity contribution in [3.8, 4) is 0 Å². The fraction of sp³-hybridized carbons (Fsp3) is 0.231. The van der Waals surface area contributed by atoms with Crippen LogP contribution in [0.3, 0.4) is 0 Å². The highest BCUT2D eigenvalue weighted by Gasteiger charge is 2.17. The minimum Gasteiger partial charge on any atom is -0.383 e. The largest absolute Gasteiger partial charge is 0.383 e. The molecule has 1 heterocycles. The van der Waals surface area contributed by atoms with Crippen molar-refractivity contribution in [1.82, 2.24) is 4.98 Å². The average molecular weight is 322 g/mol. The number of carbonyl (C=O) groups excluding carboxylic acids is 1. The standard InChI is InChI=1S/C13H14N4O4S/c1-21-6-4-14-11-3-2-9(17(19)20)8-10(11)12(18)16-13-15-5-7-22-13/h2-3,5,7-8,14H,4,6H2,1H3,(H,15,16,18). The van der Waals surface area contributed by atoms with E-state index in [0.29, 0.717) is 24.0 Å². The molecule has 0 aliphatic carbocycles. The van der Waals surface area contributed by atoms with Crippen LogP contribution in [-0.4, -0.2) is 36.1 Å². The van der Waals surface area contributed by atoms with Gasteiger partial charge in [0.1, 0.15) is 0 Å². The molecule has 0 saturated heterocycles. The second kappa shape index (κ2) is 7.48. The van der Waals surface area contributed by atoms with Crippen molar-refractivity contribution in [3.05, 3.63) is 45.5 Å². The number of nitrogens with one attached hydrogen (secondary N) is 2. The van der Waals surface area contributed by atoms with E-state index in [2.05, 4.69) is 15.6 Å². The Morgan fingerprint density at radius 1 is 1.50 bits per heavy atom. The number of hydrogen-bond donors (Lipinski definition) is 2. The maximum Gasteiger partial charge on any atom is 0.270 e. The van der Waals surface area contributed by atoms with Crippen molar-refractivity contribution in [1.29, 1.82) is 0 Å². The molecule has 8 nitrogen and oxygen atoms in total. The quantitative estimate of drug-likeness (QED) is 0.460. The lowest BCUT2D eigenvalue weighted by atomic mass is 10.1. The Balaban J connectivity index is 2.25. The summed E-state index contributed by atoms with van der Waals surface area (Å²) >= 11 is 1.27. The molecule has 0 spiro atoms. The number of non-ortho nitro benzene ring substituents is 1. The maximum atomic E-state index is 12.3. The van der Waals surface area contributed by atoms with Crippen molar-refractivity contribution in [2.75, 3.05) is 30.9 Å². The highest BCUT2D eigenvalue weighted by atomic mass is 32.1. The summed E-state index contributed by atoms with van der Waals surface area (Å²) in [5.41, 5.74) is 0.527. The predicted molar refractivity (Wildman–Crippen MR) is 83.5 cm³/mol. The summed E-state index contributed by atoms with van der Waals surface area (Å²) in [5, 5.41) is 18.7. The molecule has 2 N–H and O–H groups in total. The normalized spacial score (nSPS) is 10.2. The zero-order valence-electron chi connectivity index (χ0n) is 11.7. The van der Waals surface area contributed by atoms with E-state index in [9.17, 15) is 14.9 Å². The van der Waals surface area contributed by atoms with E-state index >= 15 is 0 Å². The SMILES string of the molecule is COCCNc1ccc([N+](=O)[O-])cc1C(=O)Nc1nccs1. The van der Waals surface area contributed by atoms with Crippen molar-refractivity contribution in [2.24, 2.45) is 0 Å². The van der Waals surface area contributed by atoms with Gasteiger partial charge in [-0.3, -0.25) is 20.2 Å². The third-order valence-electron chi connectivity index (χ3n) is 2.73. The maximum absolute atomic E-state index is 12.3. The number of methoxy groups -OCH3 is 1. The van der Waals surface area contributed by atoms with Crippen LogP contribution in [0, 0.1) is 10.1 Å². The molecule has 1 amide bonds. The molecule has 0 aliphatic heterocycles. The minimum absolute atomic E-state index is 0.151. The number of aromatic nitrogens is 1. The predicted octanol–water partition coefficient (Wildman–Crippen LogP) is 2.36. The van der Waals surface area contributed by atoms with E-state index in [4.69, 9.17) is 4.74 Å². The third kappa shape index (κ3) is 3.99. The van der Waals surface area contributed by atoms with Crippen LogP contribution in [0.15, 0.2) is 29.8 Å². The number of nitro groups is 1. The number of nitrogens with zero attached hydrogens (tertiary/aromatic N) is 2. The molecule has 116 valence electrons. The van der Waals surface area contributed by atoms with Gasteiger partial charge in [0.05, 0.1) is 17.1 Å². The molecule has 0 unspecified atom stereocenters. The zero-order chi connectivity index (χ0) is 15.9. The molecular weight excluding hydrogens is 308 g/mol. The van der Waals surface area contributed by atoms with Crippen LogP contribution < -0.4 is 10.6 Å². The topological polar surface area (TPSA) is 106 Å². The molecule has 0 saturated carbocycles. The van der Waals surface area contributed by atoms with Gasteiger partial charge in [0.25, 0.3) is 11.6 Å². The van der Waals surface area contributed by atoms with Crippen LogP contribution >= 0.6 is 11.3 Å². The number of rotatable bonds is 7. The van der Waals surface area contributed by atoms with E-state index in [0.717, 1.165) is 0 Å². The van der Waals surface area contributed by atoms with Gasteiger partial charge in [0.15, 0.2) is 5.13 Å². The Morgan fingerprint density at radius 2 is 2.32 bits per heavy atom. The molecule has 0 bridgehead atoms. The van der Waals surface area contributed by atoms with Crippen LogP contribution in [0.4, 0.5) is 16.5 Å². The molecule has 1 aromatic heterocycles. The Kier molecular flexibility index (Phi) is 5.39. The van der Waals surface area contributed by atoms with E-state index in [-0.39, 0.29) is 11.3 Å². The van der Waals surface area contributed by atoms with Crippen LogP contribution in [0.5, 0.6) is 0 Å². The Morgan fingerprint density at radius 3 is 2.95 bits per heavy atom. The first-order valence-electron chi connectivity index (χ1n) is 6.34. The van der Waals surface area contributed by atoms with E-state index in [1.165, 1.54) is 29.5 Å². The summed E-state index contributed by atoms with van der Waals surface area (Å²) in [5.74, 6) is -0.460. The molecule has 9 heteroatoms. The van der Waals surface area contributed by atoms with Crippen LogP contribution in [0.2, 0.25) is 0 Å². The second-order valence-electron chi connectivity index (χ2n) is 4.20. The number of amides is 1. The average Bonchev–Trinajstić information content (AvgIpc) is 3.00. The summed E-state index contributed by atoms with van der Waals surface area (Å²) in [7, 11) is 1.56. The highest BCUT2D eigenvalue weighted by Crippen LogP contribution is 2.23. The zero-order valence-corrected chi connectivity index (χ0v) is 12.6. The van der Waals surface area contributed by atoms with Gasteiger partial charge >= 0.3 is 0 Å². The van der Waals surface area contributed by atoms with Crippen LogP contribution in [-0.2, 0) is 4.74 Å². The van der Waals surface area contributed by atoms with Gasteiger partial charge in [-0.1, -0.05) is 0 Å². The molecule has 0 fully saturated rings.